The minimum atomic E-state index is 0.0442. The van der Waals surface area contributed by atoms with Crippen LogP contribution in [0.1, 0.15) is 37.4 Å². The van der Waals surface area contributed by atoms with Gasteiger partial charge in [0.15, 0.2) is 0 Å². The smallest absolute Gasteiger partial charge is 0.228 e. The van der Waals surface area contributed by atoms with E-state index < -0.39 is 0 Å². The second-order valence-corrected chi connectivity index (χ2v) is 5.31. The Morgan fingerprint density at radius 2 is 2.22 bits per heavy atom. The number of hydrogen-bond donors (Lipinski definition) is 2. The van der Waals surface area contributed by atoms with Gasteiger partial charge in [0.1, 0.15) is 0 Å². The Hall–Kier alpha value is -1.06. The molecule has 2 rings (SSSR count). The van der Waals surface area contributed by atoms with E-state index in [4.69, 9.17) is 11.6 Å². The third-order valence-electron chi connectivity index (χ3n) is 3.71. The first-order valence-electron chi connectivity index (χ1n) is 6.36. The topological polar surface area (TPSA) is 41.1 Å². The number of anilines is 1. The van der Waals surface area contributed by atoms with Gasteiger partial charge in [-0.15, -0.1) is 0 Å². The molecule has 1 aliphatic rings. The van der Waals surface area contributed by atoms with Crippen molar-refractivity contribution >= 4 is 23.2 Å². The van der Waals surface area contributed by atoms with Crippen LogP contribution in [0.2, 0.25) is 5.02 Å². The lowest BCUT2D eigenvalue weighted by Gasteiger charge is -2.24. The van der Waals surface area contributed by atoms with Crippen molar-refractivity contribution in [3.63, 3.8) is 0 Å². The summed E-state index contributed by atoms with van der Waals surface area (Å²) in [5.74, 6) is 0.540. The lowest BCUT2D eigenvalue weighted by Crippen LogP contribution is -2.23. The summed E-state index contributed by atoms with van der Waals surface area (Å²) >= 11 is 6.34. The molecule has 1 aliphatic heterocycles. The minimum Gasteiger partial charge on any atom is -0.325 e. The van der Waals surface area contributed by atoms with Crippen LogP contribution in [0.15, 0.2) is 12.1 Å². The van der Waals surface area contributed by atoms with Gasteiger partial charge in [-0.2, -0.15) is 0 Å². The number of carbonyl (C=O) groups is 1. The van der Waals surface area contributed by atoms with Gasteiger partial charge in [0.2, 0.25) is 5.91 Å². The van der Waals surface area contributed by atoms with Crippen LogP contribution in [0.3, 0.4) is 0 Å². The highest BCUT2D eigenvalue weighted by Gasteiger charge is 2.24. The lowest BCUT2D eigenvalue weighted by molar-refractivity contribution is -0.115. The Kier molecular flexibility index (Phi) is 3.93. The molecule has 0 radical (unpaired) electrons. The molecule has 0 spiro atoms. The molecule has 0 saturated carbocycles. The molecule has 18 heavy (non-hydrogen) atoms. The van der Waals surface area contributed by atoms with Crippen molar-refractivity contribution in [1.82, 2.24) is 5.32 Å². The molecule has 1 amide bonds. The van der Waals surface area contributed by atoms with E-state index in [1.807, 2.05) is 13.1 Å². The predicted octanol–water partition coefficient (Wildman–Crippen LogP) is 3.14. The molecular formula is C14H19ClN2O. The van der Waals surface area contributed by atoms with E-state index in [-0.39, 0.29) is 11.9 Å². The fourth-order valence-electron chi connectivity index (χ4n) is 2.49. The van der Waals surface area contributed by atoms with Crippen LogP contribution < -0.4 is 10.6 Å². The molecule has 0 saturated heterocycles. The summed E-state index contributed by atoms with van der Waals surface area (Å²) in [6, 6.07) is 4.15. The van der Waals surface area contributed by atoms with Crippen molar-refractivity contribution in [2.75, 3.05) is 12.4 Å². The zero-order valence-corrected chi connectivity index (χ0v) is 11.8. The van der Waals surface area contributed by atoms with Crippen molar-refractivity contribution in [3.8, 4) is 0 Å². The summed E-state index contributed by atoms with van der Waals surface area (Å²) in [6.07, 6.45) is 1.53. The fourth-order valence-corrected chi connectivity index (χ4v) is 2.77. The molecule has 0 aromatic heterocycles. The van der Waals surface area contributed by atoms with E-state index in [0.29, 0.717) is 12.3 Å². The quantitative estimate of drug-likeness (QED) is 0.879. The number of benzene rings is 1. The van der Waals surface area contributed by atoms with Crippen molar-refractivity contribution in [1.29, 1.82) is 0 Å². The largest absolute Gasteiger partial charge is 0.325 e. The van der Waals surface area contributed by atoms with Gasteiger partial charge >= 0.3 is 0 Å². The molecule has 0 fully saturated rings. The van der Waals surface area contributed by atoms with Crippen molar-refractivity contribution < 1.29 is 4.79 Å². The summed E-state index contributed by atoms with van der Waals surface area (Å²) in [5.41, 5.74) is 2.99. The maximum Gasteiger partial charge on any atom is 0.228 e. The van der Waals surface area contributed by atoms with Crippen LogP contribution in [0, 0.1) is 5.92 Å². The SMILES string of the molecule is CCC(C)C(NC)c1cc2c(cc1Cl)NC(=O)C2. The number of carbonyl (C=O) groups excluding carboxylic acids is 1. The van der Waals surface area contributed by atoms with Crippen LogP contribution in [0.4, 0.5) is 5.69 Å². The molecule has 2 N–H and O–H groups in total. The first-order valence-corrected chi connectivity index (χ1v) is 6.74. The number of halogens is 1. The number of amides is 1. The summed E-state index contributed by atoms with van der Waals surface area (Å²) in [4.78, 5) is 11.4. The molecule has 1 aromatic rings. The first-order chi connectivity index (χ1) is 8.56. The van der Waals surface area contributed by atoms with Gasteiger partial charge in [-0.1, -0.05) is 37.9 Å². The zero-order chi connectivity index (χ0) is 13.3. The van der Waals surface area contributed by atoms with Gasteiger partial charge in [-0.05, 0) is 30.2 Å². The summed E-state index contributed by atoms with van der Waals surface area (Å²) in [7, 11) is 1.95. The minimum absolute atomic E-state index is 0.0442. The van der Waals surface area contributed by atoms with Crippen molar-refractivity contribution in [2.45, 2.75) is 32.7 Å². The highest BCUT2D eigenvalue weighted by Crippen LogP contribution is 2.35. The molecule has 2 unspecified atom stereocenters. The molecule has 0 bridgehead atoms. The molecule has 2 atom stereocenters. The highest BCUT2D eigenvalue weighted by atomic mass is 35.5. The zero-order valence-electron chi connectivity index (χ0n) is 11.0. The van der Waals surface area contributed by atoms with Gasteiger partial charge in [0.05, 0.1) is 6.42 Å². The fraction of sp³-hybridized carbons (Fsp3) is 0.500. The van der Waals surface area contributed by atoms with E-state index in [2.05, 4.69) is 30.5 Å². The molecular weight excluding hydrogens is 248 g/mol. The molecule has 0 aliphatic carbocycles. The Morgan fingerprint density at radius 1 is 1.50 bits per heavy atom. The Bertz CT molecular complexity index is 473. The molecule has 98 valence electrons. The normalized spacial score (nSPS) is 17.2. The van der Waals surface area contributed by atoms with Crippen LogP contribution in [0.5, 0.6) is 0 Å². The Balaban J connectivity index is 2.39. The van der Waals surface area contributed by atoms with Gasteiger partial charge in [-0.3, -0.25) is 4.79 Å². The highest BCUT2D eigenvalue weighted by molar-refractivity contribution is 6.32. The van der Waals surface area contributed by atoms with Crippen LogP contribution in [-0.2, 0) is 11.2 Å². The molecule has 1 aromatic carbocycles. The monoisotopic (exact) mass is 266 g/mol. The Morgan fingerprint density at radius 3 is 2.83 bits per heavy atom. The van der Waals surface area contributed by atoms with E-state index in [9.17, 15) is 4.79 Å². The van der Waals surface area contributed by atoms with E-state index in [1.54, 1.807) is 0 Å². The van der Waals surface area contributed by atoms with Crippen molar-refractivity contribution in [3.05, 3.63) is 28.3 Å². The maximum absolute atomic E-state index is 11.4. The second kappa shape index (κ2) is 5.29. The van der Waals surface area contributed by atoms with Crippen LogP contribution in [-0.4, -0.2) is 13.0 Å². The van der Waals surface area contributed by atoms with E-state index in [1.165, 1.54) is 0 Å². The standard InChI is InChI=1S/C14H19ClN2O/c1-4-8(2)14(16-3)10-5-9-6-13(18)17-12(9)7-11(10)15/h5,7-8,14,16H,4,6H2,1-3H3,(H,17,18). The number of hydrogen-bond acceptors (Lipinski definition) is 2. The molecule has 3 nitrogen and oxygen atoms in total. The third kappa shape index (κ3) is 2.38. The summed E-state index contributed by atoms with van der Waals surface area (Å²) in [6.45, 7) is 4.37. The Labute approximate surface area is 113 Å². The average molecular weight is 267 g/mol. The van der Waals surface area contributed by atoms with Crippen molar-refractivity contribution in [2.24, 2.45) is 5.92 Å². The molecule has 1 heterocycles. The van der Waals surface area contributed by atoms with Crippen LogP contribution >= 0.6 is 11.6 Å². The number of fused-ring (bicyclic) bond motifs is 1. The first kappa shape index (κ1) is 13.4. The van der Waals surface area contributed by atoms with Crippen LogP contribution in [0.25, 0.3) is 0 Å². The van der Waals surface area contributed by atoms with E-state index in [0.717, 1.165) is 28.3 Å². The number of nitrogens with one attached hydrogen (secondary N) is 2. The maximum atomic E-state index is 11.4. The predicted molar refractivity (Wildman–Crippen MR) is 75.0 cm³/mol. The van der Waals surface area contributed by atoms with Gasteiger partial charge in [0, 0.05) is 16.8 Å². The van der Waals surface area contributed by atoms with Gasteiger partial charge in [-0.25, -0.2) is 0 Å². The third-order valence-corrected chi connectivity index (χ3v) is 4.03. The molecule has 4 heteroatoms. The van der Waals surface area contributed by atoms with Gasteiger partial charge in [0.25, 0.3) is 0 Å². The van der Waals surface area contributed by atoms with E-state index >= 15 is 0 Å². The number of rotatable bonds is 4. The second-order valence-electron chi connectivity index (χ2n) is 4.91. The lowest BCUT2D eigenvalue weighted by atomic mass is 9.91. The van der Waals surface area contributed by atoms with Gasteiger partial charge < -0.3 is 10.6 Å². The average Bonchev–Trinajstić information content (AvgIpc) is 2.69. The summed E-state index contributed by atoms with van der Waals surface area (Å²) < 4.78 is 0. The summed E-state index contributed by atoms with van der Waals surface area (Å²) in [5, 5.41) is 6.86.